The minimum absolute atomic E-state index is 0.0609. The van der Waals surface area contributed by atoms with Crippen molar-refractivity contribution in [3.8, 4) is 5.75 Å². The molecule has 0 saturated heterocycles. The van der Waals surface area contributed by atoms with Gasteiger partial charge in [-0.3, -0.25) is 57.5 Å². The molecule has 0 radical (unpaired) electrons. The summed E-state index contributed by atoms with van der Waals surface area (Å²) in [6.07, 6.45) is -4.61. The number of unbranched alkanes of at least 4 members (excludes halogenated alkanes) is 1. The molecule has 1 aromatic rings. The van der Waals surface area contributed by atoms with Crippen molar-refractivity contribution >= 4 is 77.0 Å². The van der Waals surface area contributed by atoms with E-state index in [1.165, 1.54) is 24.3 Å². The molecule has 448 valence electrons. The largest absolute Gasteiger partial charge is 0.508 e. The van der Waals surface area contributed by atoms with Crippen molar-refractivity contribution in [2.45, 2.75) is 173 Å². The number of nitrogens with two attached hydrogens (primary N) is 2. The van der Waals surface area contributed by atoms with Gasteiger partial charge in [-0.1, -0.05) is 46.2 Å². The number of aromatic hydroxyl groups is 1. The number of phenolic OH excluding ortho intramolecular Hbond substituents is 1. The summed E-state index contributed by atoms with van der Waals surface area (Å²) in [6, 6.07) is -8.69. The molecule has 0 unspecified atom stereocenters. The van der Waals surface area contributed by atoms with E-state index < -0.39 is 176 Å². The number of carbonyl (C=O) groups excluding carboxylic acids is 9. The third-order valence-electron chi connectivity index (χ3n) is 12.3. The van der Waals surface area contributed by atoms with Crippen LogP contribution in [0.3, 0.4) is 0 Å². The van der Waals surface area contributed by atoms with E-state index in [1.54, 1.807) is 20.8 Å². The van der Waals surface area contributed by atoms with E-state index in [0.29, 0.717) is 18.4 Å². The molecule has 0 spiro atoms. The monoisotopic (exact) mass is 1140 g/mol. The molecule has 0 saturated carbocycles. The first-order valence-electron chi connectivity index (χ1n) is 25.9. The molecule has 0 aromatic heterocycles. The highest BCUT2D eigenvalue weighted by Crippen LogP contribution is 2.14. The van der Waals surface area contributed by atoms with E-state index in [4.69, 9.17) is 11.5 Å². The van der Waals surface area contributed by atoms with E-state index >= 15 is 0 Å². The fourth-order valence-electron chi connectivity index (χ4n) is 7.45. The summed E-state index contributed by atoms with van der Waals surface area (Å²) in [5.41, 5.74) is 12.0. The molecule has 30 heteroatoms. The van der Waals surface area contributed by atoms with Gasteiger partial charge < -0.3 is 90.0 Å². The lowest BCUT2D eigenvalue weighted by Gasteiger charge is -2.27. The van der Waals surface area contributed by atoms with E-state index in [2.05, 4.69) is 47.9 Å². The molecule has 80 heavy (non-hydrogen) atoms. The van der Waals surface area contributed by atoms with Crippen LogP contribution in [-0.2, 0) is 68.7 Å². The number of rotatable bonds is 38. The van der Waals surface area contributed by atoms with E-state index in [0.717, 1.165) is 13.8 Å². The van der Waals surface area contributed by atoms with Crippen molar-refractivity contribution in [3.63, 3.8) is 0 Å². The Morgan fingerprint density at radius 2 is 1.01 bits per heavy atom. The first-order valence-corrected chi connectivity index (χ1v) is 25.9. The van der Waals surface area contributed by atoms with E-state index in [1.807, 2.05) is 6.92 Å². The number of aliphatic hydroxyl groups excluding tert-OH is 1. The average molecular weight is 1140 g/mol. The molecular formula is C50H79N11O19. The predicted octanol–water partition coefficient (Wildman–Crippen LogP) is -3.83. The molecule has 0 aliphatic rings. The Morgan fingerprint density at radius 3 is 1.48 bits per heavy atom. The predicted molar refractivity (Wildman–Crippen MR) is 281 cm³/mol. The average Bonchev–Trinajstić information content (AvgIpc) is 3.37. The standard InChI is InChI=1S/C50H79N11O19/c1-7-25(4)40(52)48(77)59-33(20-24(2)3)46(75)58-34(22-39(69)70)47(76)61-41(27(6)62)49(78)54-26(5)42(71)53-23-36(64)55-30(10-8-9-19-51)43(72)56-31(15-17-37(65)66)44(73)57-32(16-18-38(67)68)45(74)60-35(50(79)80)21-28-11-13-29(63)14-12-28/h11-14,24-27,30-35,40-41,62-63H,7-10,15-23,51-52H2,1-6H3,(H,53,71)(H,54,78)(H,55,64)(H,56,72)(H,57,73)(H,58,75)(H,59,77)(H,60,74)(H,61,76)(H,65,66)(H,67,68)(H,69,70)(H,79,80)/t25-,26-,27+,30-,31-,32-,33-,34-,35-,40-,41-/m0/s1. The van der Waals surface area contributed by atoms with Gasteiger partial charge in [0.05, 0.1) is 25.1 Å². The van der Waals surface area contributed by atoms with Crippen LogP contribution in [0.4, 0.5) is 0 Å². The van der Waals surface area contributed by atoms with Gasteiger partial charge in [0.25, 0.3) is 0 Å². The Hall–Kier alpha value is -7.99. The van der Waals surface area contributed by atoms with Crippen LogP contribution in [0.1, 0.15) is 111 Å². The van der Waals surface area contributed by atoms with Gasteiger partial charge in [0.2, 0.25) is 53.2 Å². The molecule has 0 heterocycles. The summed E-state index contributed by atoms with van der Waals surface area (Å²) in [4.78, 5) is 168. The van der Waals surface area contributed by atoms with Crippen molar-refractivity contribution < 1.29 is 93.0 Å². The summed E-state index contributed by atoms with van der Waals surface area (Å²) in [6.45, 7) is 8.58. The Morgan fingerprint density at radius 1 is 0.537 bits per heavy atom. The van der Waals surface area contributed by atoms with Crippen molar-refractivity contribution in [3.05, 3.63) is 29.8 Å². The molecule has 30 nitrogen and oxygen atoms in total. The smallest absolute Gasteiger partial charge is 0.326 e. The zero-order valence-corrected chi connectivity index (χ0v) is 45.6. The van der Waals surface area contributed by atoms with Crippen LogP contribution in [0, 0.1) is 11.8 Å². The third kappa shape index (κ3) is 26.6. The van der Waals surface area contributed by atoms with E-state index in [9.17, 15) is 93.0 Å². The number of hydrogen-bond acceptors (Lipinski definition) is 17. The number of aliphatic hydroxyl groups is 1. The van der Waals surface area contributed by atoms with Crippen LogP contribution in [0.2, 0.25) is 0 Å². The molecule has 0 aliphatic carbocycles. The number of phenols is 1. The third-order valence-corrected chi connectivity index (χ3v) is 12.3. The summed E-state index contributed by atoms with van der Waals surface area (Å²) in [7, 11) is 0. The second kappa shape index (κ2) is 35.5. The number of amides is 9. The fourth-order valence-corrected chi connectivity index (χ4v) is 7.45. The second-order valence-electron chi connectivity index (χ2n) is 19.6. The first kappa shape index (κ1) is 70.0. The van der Waals surface area contributed by atoms with Gasteiger partial charge in [-0.2, -0.15) is 0 Å². The number of hydrogen-bond donors (Lipinski definition) is 17. The molecule has 0 aliphatic heterocycles. The number of benzene rings is 1. The van der Waals surface area contributed by atoms with Crippen molar-refractivity contribution in [2.75, 3.05) is 13.1 Å². The molecule has 19 N–H and O–H groups in total. The normalized spacial score (nSPS) is 15.2. The van der Waals surface area contributed by atoms with Gasteiger partial charge in [-0.15, -0.1) is 0 Å². The van der Waals surface area contributed by atoms with Gasteiger partial charge in [-0.25, -0.2) is 4.79 Å². The van der Waals surface area contributed by atoms with Gasteiger partial charge in [0, 0.05) is 19.3 Å². The van der Waals surface area contributed by atoms with Gasteiger partial charge in [-0.05, 0) is 88.4 Å². The molecule has 0 bridgehead atoms. The number of carboxylic acids is 4. The maximum atomic E-state index is 13.8. The highest BCUT2D eigenvalue weighted by atomic mass is 16.4. The quantitative estimate of drug-likeness (QED) is 0.0282. The zero-order chi connectivity index (χ0) is 61.0. The highest BCUT2D eigenvalue weighted by Gasteiger charge is 2.36. The molecule has 0 fully saturated rings. The minimum Gasteiger partial charge on any atom is -0.508 e. The lowest BCUT2D eigenvalue weighted by molar-refractivity contribution is -0.143. The van der Waals surface area contributed by atoms with Crippen LogP contribution in [0.25, 0.3) is 0 Å². The summed E-state index contributed by atoms with van der Waals surface area (Å²) < 4.78 is 0. The number of aliphatic carboxylic acids is 4. The highest BCUT2D eigenvalue weighted by molar-refractivity contribution is 5.99. The van der Waals surface area contributed by atoms with Crippen LogP contribution >= 0.6 is 0 Å². The molecule has 1 aromatic carbocycles. The summed E-state index contributed by atoms with van der Waals surface area (Å²) >= 11 is 0. The zero-order valence-electron chi connectivity index (χ0n) is 45.6. The Kier molecular flexibility index (Phi) is 31.1. The Bertz CT molecular complexity index is 2320. The number of carbonyl (C=O) groups is 13. The lowest BCUT2D eigenvalue weighted by Crippen LogP contribution is -2.61. The van der Waals surface area contributed by atoms with Crippen LogP contribution in [-0.4, -0.2) is 181 Å². The topological polar surface area (TPSA) is 504 Å². The van der Waals surface area contributed by atoms with E-state index in [-0.39, 0.29) is 49.8 Å². The van der Waals surface area contributed by atoms with Crippen molar-refractivity contribution in [1.82, 2.24) is 47.9 Å². The lowest BCUT2D eigenvalue weighted by atomic mass is 9.97. The van der Waals surface area contributed by atoms with Gasteiger partial charge in [0.15, 0.2) is 0 Å². The van der Waals surface area contributed by atoms with Crippen molar-refractivity contribution in [2.24, 2.45) is 23.3 Å². The first-order chi connectivity index (χ1) is 37.4. The molecular weight excluding hydrogens is 1060 g/mol. The minimum atomic E-state index is -1.86. The maximum Gasteiger partial charge on any atom is 0.326 e. The molecule has 1 rings (SSSR count). The number of carboxylic acid groups (broad SMARTS) is 4. The van der Waals surface area contributed by atoms with Crippen molar-refractivity contribution in [1.29, 1.82) is 0 Å². The Labute approximate surface area is 461 Å². The van der Waals surface area contributed by atoms with Gasteiger partial charge in [0.1, 0.15) is 54.1 Å². The van der Waals surface area contributed by atoms with Crippen LogP contribution in [0.15, 0.2) is 24.3 Å². The fraction of sp³-hybridized carbons (Fsp3) is 0.620. The summed E-state index contributed by atoms with van der Waals surface area (Å²) in [5.74, 6) is -15.9. The molecule has 11 atom stereocenters. The second-order valence-corrected chi connectivity index (χ2v) is 19.6. The molecule has 9 amide bonds. The maximum absolute atomic E-state index is 13.8. The SMILES string of the molecule is CC[C@H](C)[C@H](N)C(=O)N[C@@H](CC(C)C)C(=O)N[C@@H](CC(=O)O)C(=O)N[C@H](C(=O)N[C@@H](C)C(=O)NCC(=O)N[C@@H](CCCCN)C(=O)N[C@@H](CCC(=O)O)C(=O)N[C@@H](CCC(=O)O)C(=O)N[C@@H](Cc1ccc(O)cc1)C(=O)O)[C@@H](C)O. The van der Waals surface area contributed by atoms with Gasteiger partial charge >= 0.3 is 23.9 Å². The van der Waals surface area contributed by atoms with Crippen LogP contribution < -0.4 is 59.3 Å². The Balaban J connectivity index is 3.21. The van der Waals surface area contributed by atoms with Crippen LogP contribution in [0.5, 0.6) is 5.75 Å². The number of nitrogens with one attached hydrogen (secondary N) is 9. The summed E-state index contributed by atoms with van der Waals surface area (Å²) in [5, 5.41) is 79.0.